The van der Waals surface area contributed by atoms with Crippen molar-refractivity contribution in [2.75, 3.05) is 20.2 Å². The van der Waals surface area contributed by atoms with E-state index in [0.717, 1.165) is 25.0 Å². The minimum Gasteiger partial charge on any atom is -0.494 e. The molecule has 2 N–H and O–H groups in total. The topological polar surface area (TPSA) is 55.6 Å². The Morgan fingerprint density at radius 2 is 2.00 bits per heavy atom. The Hall–Kier alpha value is -1.26. The quantitative estimate of drug-likeness (QED) is 0.811. The lowest BCUT2D eigenvalue weighted by molar-refractivity contribution is -0.132. The van der Waals surface area contributed by atoms with Gasteiger partial charge in [-0.1, -0.05) is 18.2 Å². The molecule has 1 aliphatic carbocycles. The van der Waals surface area contributed by atoms with Gasteiger partial charge in [-0.3, -0.25) is 4.79 Å². The summed E-state index contributed by atoms with van der Waals surface area (Å²) in [6.07, 6.45) is 2.45. The van der Waals surface area contributed by atoms with Crippen LogP contribution in [0.2, 0.25) is 0 Å². The lowest BCUT2D eigenvalue weighted by atomic mass is 10.2. The maximum atomic E-state index is 11.9. The number of halogens is 1. The Morgan fingerprint density at radius 3 is 2.58 bits per heavy atom. The number of hydrogen-bond donors (Lipinski definition) is 1. The van der Waals surface area contributed by atoms with Gasteiger partial charge in [-0.25, -0.2) is 0 Å². The Labute approximate surface area is 120 Å². The second-order valence-corrected chi connectivity index (χ2v) is 4.90. The van der Waals surface area contributed by atoms with Crippen molar-refractivity contribution >= 4 is 18.3 Å². The summed E-state index contributed by atoms with van der Waals surface area (Å²) < 4.78 is 5.57. The van der Waals surface area contributed by atoms with Gasteiger partial charge in [0.15, 0.2) is 0 Å². The number of rotatable bonds is 6. The predicted molar refractivity (Wildman–Crippen MR) is 77.6 cm³/mol. The predicted octanol–water partition coefficient (Wildman–Crippen LogP) is 1.83. The van der Waals surface area contributed by atoms with Gasteiger partial charge in [0.25, 0.3) is 0 Å². The number of likely N-dealkylation sites (N-methyl/N-ethyl adjacent to an activating group) is 1. The number of hydrogen-bond acceptors (Lipinski definition) is 3. The van der Waals surface area contributed by atoms with Crippen molar-refractivity contribution in [3.8, 4) is 5.75 Å². The summed E-state index contributed by atoms with van der Waals surface area (Å²) in [6, 6.07) is 9.68. The van der Waals surface area contributed by atoms with Crippen molar-refractivity contribution < 1.29 is 9.53 Å². The first-order valence-corrected chi connectivity index (χ1v) is 6.34. The minimum absolute atomic E-state index is 0. The number of benzene rings is 1. The summed E-state index contributed by atoms with van der Waals surface area (Å²) in [5.74, 6) is 0.922. The molecule has 0 spiro atoms. The molecule has 0 unspecified atom stereocenters. The number of carbonyl (C=O) groups excluding carboxylic acids is 1. The molecule has 106 valence electrons. The molecule has 1 aliphatic rings. The van der Waals surface area contributed by atoms with E-state index in [2.05, 4.69) is 0 Å². The first-order valence-electron chi connectivity index (χ1n) is 6.34. The lowest BCUT2D eigenvalue weighted by Crippen LogP contribution is -2.44. The summed E-state index contributed by atoms with van der Waals surface area (Å²) in [7, 11) is 1.80. The van der Waals surface area contributed by atoms with Gasteiger partial charge in [-0.15, -0.1) is 12.4 Å². The van der Waals surface area contributed by atoms with Gasteiger partial charge < -0.3 is 15.4 Å². The Morgan fingerprint density at radius 1 is 1.37 bits per heavy atom. The molecule has 1 aromatic carbocycles. The van der Waals surface area contributed by atoms with Crippen molar-refractivity contribution in [2.24, 2.45) is 5.73 Å². The van der Waals surface area contributed by atoms with Crippen LogP contribution in [-0.2, 0) is 4.79 Å². The van der Waals surface area contributed by atoms with Crippen LogP contribution in [0.1, 0.15) is 19.3 Å². The molecule has 0 aliphatic heterocycles. The van der Waals surface area contributed by atoms with Crippen LogP contribution < -0.4 is 10.5 Å². The molecule has 0 heterocycles. The van der Waals surface area contributed by atoms with E-state index in [9.17, 15) is 4.79 Å². The number of para-hydroxylation sites is 1. The Balaban J connectivity index is 0.00000180. The third-order valence-corrected chi connectivity index (χ3v) is 3.21. The van der Waals surface area contributed by atoms with Crippen LogP contribution in [0, 0.1) is 0 Å². The molecule has 0 radical (unpaired) electrons. The van der Waals surface area contributed by atoms with Gasteiger partial charge in [-0.05, 0) is 31.4 Å². The average Bonchev–Trinajstić information content (AvgIpc) is 3.14. The highest BCUT2D eigenvalue weighted by atomic mass is 35.5. The number of carbonyl (C=O) groups is 1. The normalized spacial score (nSPS) is 15.3. The summed E-state index contributed by atoms with van der Waals surface area (Å²) in [5, 5.41) is 0. The molecule has 4 nitrogen and oxygen atoms in total. The smallest absolute Gasteiger partial charge is 0.242 e. The number of nitrogens with zero attached hydrogens (tertiary/aromatic N) is 1. The van der Waals surface area contributed by atoms with E-state index in [1.165, 1.54) is 0 Å². The van der Waals surface area contributed by atoms with Crippen LogP contribution in [-0.4, -0.2) is 36.5 Å². The molecular weight excluding hydrogens is 264 g/mol. The van der Waals surface area contributed by atoms with Gasteiger partial charge in [0.1, 0.15) is 5.75 Å². The monoisotopic (exact) mass is 284 g/mol. The Bertz CT molecular complexity index is 407. The first kappa shape index (κ1) is 15.8. The molecule has 1 fully saturated rings. The van der Waals surface area contributed by atoms with E-state index in [-0.39, 0.29) is 18.3 Å². The summed E-state index contributed by atoms with van der Waals surface area (Å²) in [5.41, 5.74) is 5.30. The van der Waals surface area contributed by atoms with E-state index in [0.29, 0.717) is 13.2 Å². The summed E-state index contributed by atoms with van der Waals surface area (Å²) >= 11 is 0. The van der Waals surface area contributed by atoms with Crippen LogP contribution in [0.4, 0.5) is 0 Å². The lowest BCUT2D eigenvalue weighted by Gasteiger charge is -2.20. The molecule has 0 atom stereocenters. The standard InChI is InChI=1S/C14H20N2O2.ClH/c1-16(13(17)14(15)8-9-14)10-5-11-18-12-6-3-2-4-7-12;/h2-4,6-7H,5,8-11,15H2,1H3;1H. The zero-order valence-electron chi connectivity index (χ0n) is 11.2. The van der Waals surface area contributed by atoms with Crippen molar-refractivity contribution in [2.45, 2.75) is 24.8 Å². The Kier molecular flexibility index (Phi) is 5.63. The zero-order chi connectivity index (χ0) is 13.0. The van der Waals surface area contributed by atoms with Crippen LogP contribution in [0.5, 0.6) is 5.75 Å². The van der Waals surface area contributed by atoms with Gasteiger partial charge in [0, 0.05) is 13.6 Å². The van der Waals surface area contributed by atoms with Crippen LogP contribution in [0.15, 0.2) is 30.3 Å². The molecule has 0 saturated heterocycles. The van der Waals surface area contributed by atoms with Crippen molar-refractivity contribution in [1.29, 1.82) is 0 Å². The van der Waals surface area contributed by atoms with Crippen molar-refractivity contribution in [3.63, 3.8) is 0 Å². The van der Waals surface area contributed by atoms with E-state index in [1.807, 2.05) is 30.3 Å². The van der Waals surface area contributed by atoms with E-state index in [1.54, 1.807) is 11.9 Å². The molecule has 5 heteroatoms. The SMILES string of the molecule is CN(CCCOc1ccccc1)C(=O)C1(N)CC1.Cl. The fraction of sp³-hybridized carbons (Fsp3) is 0.500. The summed E-state index contributed by atoms with van der Waals surface area (Å²) in [4.78, 5) is 13.6. The second kappa shape index (κ2) is 6.78. The summed E-state index contributed by atoms with van der Waals surface area (Å²) in [6.45, 7) is 1.30. The zero-order valence-corrected chi connectivity index (χ0v) is 12.0. The molecule has 1 amide bonds. The van der Waals surface area contributed by atoms with Crippen LogP contribution >= 0.6 is 12.4 Å². The maximum Gasteiger partial charge on any atom is 0.242 e. The van der Waals surface area contributed by atoms with Crippen LogP contribution in [0.25, 0.3) is 0 Å². The molecule has 19 heavy (non-hydrogen) atoms. The van der Waals surface area contributed by atoms with Gasteiger partial charge in [0.2, 0.25) is 5.91 Å². The molecule has 1 aromatic rings. The highest BCUT2D eigenvalue weighted by molar-refractivity contribution is 5.88. The molecular formula is C14H21ClN2O2. The molecule has 0 bridgehead atoms. The first-order chi connectivity index (χ1) is 8.62. The van der Waals surface area contributed by atoms with E-state index in [4.69, 9.17) is 10.5 Å². The number of amides is 1. The maximum absolute atomic E-state index is 11.9. The fourth-order valence-electron chi connectivity index (χ4n) is 1.84. The largest absolute Gasteiger partial charge is 0.494 e. The molecule has 0 aromatic heterocycles. The van der Waals surface area contributed by atoms with Gasteiger partial charge in [-0.2, -0.15) is 0 Å². The fourth-order valence-corrected chi connectivity index (χ4v) is 1.84. The number of nitrogens with two attached hydrogens (primary N) is 1. The molecule has 1 saturated carbocycles. The third-order valence-electron chi connectivity index (χ3n) is 3.21. The number of ether oxygens (including phenoxy) is 1. The van der Waals surface area contributed by atoms with Crippen molar-refractivity contribution in [1.82, 2.24) is 4.90 Å². The van der Waals surface area contributed by atoms with E-state index >= 15 is 0 Å². The minimum atomic E-state index is -0.560. The average molecular weight is 285 g/mol. The highest BCUT2D eigenvalue weighted by Crippen LogP contribution is 2.33. The van der Waals surface area contributed by atoms with Crippen LogP contribution in [0.3, 0.4) is 0 Å². The molecule has 2 rings (SSSR count). The van der Waals surface area contributed by atoms with Crippen molar-refractivity contribution in [3.05, 3.63) is 30.3 Å². The second-order valence-electron chi connectivity index (χ2n) is 4.90. The highest BCUT2D eigenvalue weighted by Gasteiger charge is 2.47. The van der Waals surface area contributed by atoms with Gasteiger partial charge in [0.05, 0.1) is 12.1 Å². The third kappa shape index (κ3) is 4.40. The van der Waals surface area contributed by atoms with E-state index < -0.39 is 5.54 Å². The van der Waals surface area contributed by atoms with Gasteiger partial charge >= 0.3 is 0 Å².